The Bertz CT molecular complexity index is 1160. The first-order valence-electron chi connectivity index (χ1n) is 23.0. The molecule has 0 bridgehead atoms. The zero-order valence-corrected chi connectivity index (χ0v) is 36.7. The molecule has 0 heterocycles. The SMILES string of the molecule is CC/C=C/C=C/C=C\C=C/C=C/CCCC(=O)OC(CCCC/C=C/C/C=C/C/C=C/CC)CC(=O)NC(CO)C(O)CCCCCCCCCCCCCCC. The van der Waals surface area contributed by atoms with Crippen LogP contribution in [0.1, 0.15) is 188 Å². The van der Waals surface area contributed by atoms with Gasteiger partial charge in [-0.3, -0.25) is 9.59 Å². The number of amides is 1. The molecule has 3 N–H and O–H groups in total. The molecule has 0 aliphatic heterocycles. The zero-order chi connectivity index (χ0) is 41.7. The maximum Gasteiger partial charge on any atom is 0.306 e. The largest absolute Gasteiger partial charge is 0.462 e. The molecule has 0 aliphatic rings. The number of unbranched alkanes of at least 4 members (excludes halogenated alkanes) is 15. The van der Waals surface area contributed by atoms with Gasteiger partial charge in [-0.25, -0.2) is 0 Å². The van der Waals surface area contributed by atoms with Crippen LogP contribution in [-0.2, 0) is 14.3 Å². The Labute approximate surface area is 350 Å². The third-order valence-corrected chi connectivity index (χ3v) is 9.79. The van der Waals surface area contributed by atoms with Gasteiger partial charge in [-0.2, -0.15) is 0 Å². The molecule has 0 saturated carbocycles. The number of carbonyl (C=O) groups excluding carboxylic acids is 2. The Hall–Kier alpha value is -3.22. The zero-order valence-electron chi connectivity index (χ0n) is 36.7. The van der Waals surface area contributed by atoms with Gasteiger partial charge < -0.3 is 20.3 Å². The topological polar surface area (TPSA) is 95.9 Å². The van der Waals surface area contributed by atoms with Gasteiger partial charge in [0.15, 0.2) is 0 Å². The molecule has 324 valence electrons. The molecule has 1 amide bonds. The standard InChI is InChI=1S/C51H85NO5/c1-4-7-10-13-16-19-22-25-28-31-34-37-40-43-49(54)48(46-53)52-50(55)45-47(42-39-36-33-30-27-24-21-18-15-12-9-6-3)57-51(56)44-41-38-35-32-29-26-23-20-17-14-11-8-5-2/h8-9,11-12,14,17-18,20-21,23,26-27,29-30,32,35,47-49,53-54H,4-7,10,13,15-16,19,22,24-25,28,31,33-34,36-46H2,1-3H3,(H,52,55)/b11-8+,12-9+,17-14+,21-18+,23-20-,29-26-,30-27+,35-32+. The summed E-state index contributed by atoms with van der Waals surface area (Å²) in [6.07, 6.45) is 57.6. The summed E-state index contributed by atoms with van der Waals surface area (Å²) in [5.74, 6) is -0.612. The second-order valence-corrected chi connectivity index (χ2v) is 15.2. The van der Waals surface area contributed by atoms with E-state index in [0.717, 1.165) is 70.6 Å². The minimum atomic E-state index is -0.814. The van der Waals surface area contributed by atoms with Crippen LogP contribution in [-0.4, -0.2) is 46.9 Å². The van der Waals surface area contributed by atoms with Gasteiger partial charge >= 0.3 is 5.97 Å². The van der Waals surface area contributed by atoms with E-state index < -0.39 is 18.2 Å². The van der Waals surface area contributed by atoms with Crippen molar-refractivity contribution >= 4 is 11.9 Å². The van der Waals surface area contributed by atoms with Crippen molar-refractivity contribution < 1.29 is 24.5 Å². The van der Waals surface area contributed by atoms with E-state index in [1.165, 1.54) is 64.2 Å². The molecule has 0 saturated heterocycles. The first-order valence-corrected chi connectivity index (χ1v) is 23.0. The lowest BCUT2D eigenvalue weighted by molar-refractivity contribution is -0.151. The second-order valence-electron chi connectivity index (χ2n) is 15.2. The molecule has 0 aromatic carbocycles. The van der Waals surface area contributed by atoms with Crippen LogP contribution in [0.15, 0.2) is 97.2 Å². The summed E-state index contributed by atoms with van der Waals surface area (Å²) in [6, 6.07) is -0.733. The lowest BCUT2D eigenvalue weighted by Gasteiger charge is -2.24. The third-order valence-electron chi connectivity index (χ3n) is 9.79. The summed E-state index contributed by atoms with van der Waals surface area (Å²) in [7, 11) is 0. The smallest absolute Gasteiger partial charge is 0.306 e. The van der Waals surface area contributed by atoms with Crippen molar-refractivity contribution in [3.63, 3.8) is 0 Å². The van der Waals surface area contributed by atoms with Crippen LogP contribution in [0.3, 0.4) is 0 Å². The lowest BCUT2D eigenvalue weighted by atomic mass is 10.0. The van der Waals surface area contributed by atoms with Crippen molar-refractivity contribution in [1.29, 1.82) is 0 Å². The predicted octanol–water partition coefficient (Wildman–Crippen LogP) is 13.4. The number of aliphatic hydroxyl groups is 2. The molecule has 6 nitrogen and oxygen atoms in total. The Kier molecular flexibility index (Phi) is 41.4. The van der Waals surface area contributed by atoms with E-state index in [1.807, 2.05) is 54.7 Å². The molecule has 6 heteroatoms. The van der Waals surface area contributed by atoms with Crippen LogP contribution in [0.2, 0.25) is 0 Å². The Morgan fingerprint density at radius 1 is 0.544 bits per heavy atom. The summed E-state index contributed by atoms with van der Waals surface area (Å²) in [4.78, 5) is 26.0. The fourth-order valence-corrected chi connectivity index (χ4v) is 6.36. The van der Waals surface area contributed by atoms with Crippen LogP contribution < -0.4 is 5.32 Å². The highest BCUT2D eigenvalue weighted by molar-refractivity contribution is 5.77. The van der Waals surface area contributed by atoms with Gasteiger partial charge in [-0.1, -0.05) is 201 Å². The van der Waals surface area contributed by atoms with Crippen molar-refractivity contribution in [3.8, 4) is 0 Å². The highest BCUT2D eigenvalue weighted by Crippen LogP contribution is 2.16. The molecular formula is C51H85NO5. The number of allylic oxidation sites excluding steroid dienone is 16. The van der Waals surface area contributed by atoms with Crippen LogP contribution in [0.5, 0.6) is 0 Å². The van der Waals surface area contributed by atoms with Crippen LogP contribution in [0, 0.1) is 0 Å². The second kappa shape index (κ2) is 43.9. The molecule has 57 heavy (non-hydrogen) atoms. The van der Waals surface area contributed by atoms with E-state index in [1.54, 1.807) is 0 Å². The molecule has 0 aromatic rings. The van der Waals surface area contributed by atoms with Gasteiger partial charge in [-0.05, 0) is 70.6 Å². The number of carbonyl (C=O) groups is 2. The van der Waals surface area contributed by atoms with Gasteiger partial charge in [0.25, 0.3) is 0 Å². The molecule has 3 unspecified atom stereocenters. The van der Waals surface area contributed by atoms with E-state index >= 15 is 0 Å². The minimum Gasteiger partial charge on any atom is -0.462 e. The molecule has 0 fully saturated rings. The number of hydrogen-bond acceptors (Lipinski definition) is 5. The van der Waals surface area contributed by atoms with Crippen molar-refractivity contribution in [2.45, 2.75) is 206 Å². The third kappa shape index (κ3) is 39.4. The van der Waals surface area contributed by atoms with Gasteiger partial charge in [0.1, 0.15) is 6.10 Å². The summed E-state index contributed by atoms with van der Waals surface area (Å²) in [5, 5.41) is 23.6. The molecule has 3 atom stereocenters. The van der Waals surface area contributed by atoms with Crippen molar-refractivity contribution in [2.24, 2.45) is 0 Å². The normalized spacial score (nSPS) is 14.3. The van der Waals surface area contributed by atoms with Crippen LogP contribution >= 0.6 is 0 Å². The molecule has 0 aromatic heterocycles. The highest BCUT2D eigenvalue weighted by Gasteiger charge is 2.24. The number of esters is 1. The van der Waals surface area contributed by atoms with Gasteiger partial charge in [0.2, 0.25) is 5.91 Å². The van der Waals surface area contributed by atoms with Gasteiger partial charge in [0.05, 0.1) is 25.2 Å². The quantitative estimate of drug-likeness (QED) is 0.0249. The first-order chi connectivity index (χ1) is 28.0. The van der Waals surface area contributed by atoms with Crippen molar-refractivity contribution in [3.05, 3.63) is 97.2 Å². The number of nitrogens with one attached hydrogen (secondary N) is 1. The predicted molar refractivity (Wildman–Crippen MR) is 245 cm³/mol. The molecular weight excluding hydrogens is 707 g/mol. The number of aliphatic hydroxyl groups excluding tert-OH is 2. The maximum atomic E-state index is 13.1. The summed E-state index contributed by atoms with van der Waals surface area (Å²) in [5.41, 5.74) is 0. The average molecular weight is 792 g/mol. The van der Waals surface area contributed by atoms with Crippen LogP contribution in [0.4, 0.5) is 0 Å². The first kappa shape index (κ1) is 53.8. The lowest BCUT2D eigenvalue weighted by Crippen LogP contribution is -2.46. The van der Waals surface area contributed by atoms with E-state index in [4.69, 9.17) is 4.74 Å². The number of hydrogen-bond donors (Lipinski definition) is 3. The Balaban J connectivity index is 4.77. The van der Waals surface area contributed by atoms with E-state index in [9.17, 15) is 19.8 Å². The van der Waals surface area contributed by atoms with E-state index in [-0.39, 0.29) is 31.3 Å². The fraction of sp³-hybridized carbons (Fsp3) is 0.647. The van der Waals surface area contributed by atoms with Gasteiger partial charge in [0, 0.05) is 6.42 Å². The number of ether oxygens (including phenoxy) is 1. The molecule has 0 radical (unpaired) electrons. The number of rotatable bonds is 39. The summed E-state index contributed by atoms with van der Waals surface area (Å²) in [6.45, 7) is 6.17. The Morgan fingerprint density at radius 2 is 1.04 bits per heavy atom. The minimum absolute atomic E-state index is 0.0170. The summed E-state index contributed by atoms with van der Waals surface area (Å²) >= 11 is 0. The molecule has 0 aliphatic carbocycles. The highest BCUT2D eigenvalue weighted by atomic mass is 16.5. The average Bonchev–Trinajstić information content (AvgIpc) is 3.20. The molecule has 0 spiro atoms. The van der Waals surface area contributed by atoms with Crippen molar-refractivity contribution in [1.82, 2.24) is 5.32 Å². The van der Waals surface area contributed by atoms with E-state index in [2.05, 4.69) is 68.6 Å². The van der Waals surface area contributed by atoms with Crippen molar-refractivity contribution in [2.75, 3.05) is 6.61 Å². The van der Waals surface area contributed by atoms with E-state index in [0.29, 0.717) is 19.3 Å². The maximum absolute atomic E-state index is 13.1. The Morgan fingerprint density at radius 3 is 1.61 bits per heavy atom. The fourth-order valence-electron chi connectivity index (χ4n) is 6.36. The van der Waals surface area contributed by atoms with Gasteiger partial charge in [-0.15, -0.1) is 0 Å². The molecule has 0 rings (SSSR count). The summed E-state index contributed by atoms with van der Waals surface area (Å²) < 4.78 is 5.84. The monoisotopic (exact) mass is 792 g/mol. The van der Waals surface area contributed by atoms with Crippen LogP contribution in [0.25, 0.3) is 0 Å².